The van der Waals surface area contributed by atoms with E-state index in [0.717, 1.165) is 6.42 Å². The molecule has 0 radical (unpaired) electrons. The number of nitrogen functional groups attached to an aromatic ring is 1. The van der Waals surface area contributed by atoms with Crippen molar-refractivity contribution in [3.05, 3.63) is 22.4 Å². The molecule has 1 aromatic rings. The summed E-state index contributed by atoms with van der Waals surface area (Å²) in [6.07, 6.45) is 0.969. The molecule has 0 saturated carbocycles. The van der Waals surface area contributed by atoms with Gasteiger partial charge in [0.25, 0.3) is 0 Å². The highest BCUT2D eigenvalue weighted by Crippen LogP contribution is 2.34. The minimum Gasteiger partial charge on any atom is -0.399 e. The SMILES string of the molecule is CC1CC(C)C(C)N(S(=O)(=O)c2cc(N)cc(Br)c2F)C1. The van der Waals surface area contributed by atoms with Crippen molar-refractivity contribution in [3.8, 4) is 0 Å². The number of halogens is 2. The molecule has 21 heavy (non-hydrogen) atoms. The topological polar surface area (TPSA) is 63.4 Å². The van der Waals surface area contributed by atoms with E-state index >= 15 is 0 Å². The monoisotopic (exact) mass is 378 g/mol. The second-order valence-electron chi connectivity index (χ2n) is 5.95. The lowest BCUT2D eigenvalue weighted by Gasteiger charge is -2.40. The van der Waals surface area contributed by atoms with Gasteiger partial charge in [-0.2, -0.15) is 4.31 Å². The quantitative estimate of drug-likeness (QED) is 0.803. The first kappa shape index (κ1) is 16.7. The van der Waals surface area contributed by atoms with E-state index in [4.69, 9.17) is 5.73 Å². The van der Waals surface area contributed by atoms with Crippen molar-refractivity contribution in [2.75, 3.05) is 12.3 Å². The second kappa shape index (κ2) is 5.85. The summed E-state index contributed by atoms with van der Waals surface area (Å²) < 4.78 is 41.4. The largest absolute Gasteiger partial charge is 0.399 e. The first-order valence-corrected chi connectivity index (χ1v) is 9.14. The number of hydrogen-bond acceptors (Lipinski definition) is 3. The summed E-state index contributed by atoms with van der Waals surface area (Å²) in [5, 5.41) is 0. The molecule has 1 aromatic carbocycles. The van der Waals surface area contributed by atoms with Crippen molar-refractivity contribution < 1.29 is 12.8 Å². The zero-order valence-corrected chi connectivity index (χ0v) is 14.7. The summed E-state index contributed by atoms with van der Waals surface area (Å²) in [7, 11) is -3.90. The maximum Gasteiger partial charge on any atom is 0.246 e. The first-order chi connectivity index (χ1) is 9.64. The maximum atomic E-state index is 14.2. The highest BCUT2D eigenvalue weighted by molar-refractivity contribution is 9.10. The van der Waals surface area contributed by atoms with Crippen molar-refractivity contribution in [1.82, 2.24) is 4.31 Å². The molecule has 2 N–H and O–H groups in total. The van der Waals surface area contributed by atoms with Crippen molar-refractivity contribution in [1.29, 1.82) is 0 Å². The van der Waals surface area contributed by atoms with E-state index in [1.165, 1.54) is 16.4 Å². The third-order valence-electron chi connectivity index (χ3n) is 4.15. The molecule has 0 aromatic heterocycles. The van der Waals surface area contributed by atoms with Crippen LogP contribution in [0.15, 0.2) is 21.5 Å². The lowest BCUT2D eigenvalue weighted by Crippen LogP contribution is -2.48. The van der Waals surface area contributed by atoms with E-state index in [-0.39, 0.29) is 32.9 Å². The standard InChI is InChI=1S/C14H20BrFN2O2S/c1-8-4-9(2)10(3)18(7-8)21(19,20)13-6-11(17)5-12(15)14(13)16/h5-6,8-10H,4,7,17H2,1-3H3. The van der Waals surface area contributed by atoms with E-state index in [2.05, 4.69) is 15.9 Å². The number of rotatable bonds is 2. The molecule has 4 nitrogen and oxygen atoms in total. The fourth-order valence-corrected chi connectivity index (χ4v) is 5.46. The average Bonchev–Trinajstić information content (AvgIpc) is 2.37. The molecule has 2 rings (SSSR count). The van der Waals surface area contributed by atoms with Crippen molar-refractivity contribution in [2.24, 2.45) is 11.8 Å². The zero-order valence-electron chi connectivity index (χ0n) is 12.3. The van der Waals surface area contributed by atoms with Crippen LogP contribution in [-0.2, 0) is 10.0 Å². The molecule has 1 aliphatic rings. The Morgan fingerprint density at radius 1 is 1.33 bits per heavy atom. The highest BCUT2D eigenvalue weighted by Gasteiger charge is 2.38. The van der Waals surface area contributed by atoms with Gasteiger partial charge in [-0.15, -0.1) is 0 Å². The summed E-state index contributed by atoms with van der Waals surface area (Å²) >= 11 is 3.01. The van der Waals surface area contributed by atoms with Gasteiger partial charge in [0.15, 0.2) is 5.82 Å². The Kier molecular flexibility index (Phi) is 4.66. The summed E-state index contributed by atoms with van der Waals surface area (Å²) in [6.45, 7) is 6.30. The van der Waals surface area contributed by atoms with Crippen LogP contribution >= 0.6 is 15.9 Å². The molecule has 3 unspecified atom stereocenters. The number of nitrogens with zero attached hydrogens (tertiary/aromatic N) is 1. The molecular formula is C14H20BrFN2O2S. The molecule has 1 saturated heterocycles. The highest BCUT2D eigenvalue weighted by atomic mass is 79.9. The Morgan fingerprint density at radius 2 is 1.95 bits per heavy atom. The average molecular weight is 379 g/mol. The first-order valence-electron chi connectivity index (χ1n) is 6.91. The Bertz CT molecular complexity index is 651. The number of anilines is 1. The second-order valence-corrected chi connectivity index (χ2v) is 8.66. The fourth-order valence-electron chi connectivity index (χ4n) is 2.88. The van der Waals surface area contributed by atoms with Crippen LogP contribution in [0.4, 0.5) is 10.1 Å². The van der Waals surface area contributed by atoms with Crippen LogP contribution in [0, 0.1) is 17.7 Å². The Balaban J connectivity index is 2.51. The smallest absolute Gasteiger partial charge is 0.246 e. The van der Waals surface area contributed by atoms with Crippen molar-refractivity contribution in [2.45, 2.75) is 38.1 Å². The normalized spacial score (nSPS) is 27.8. The minimum absolute atomic E-state index is 0.0619. The number of sulfonamides is 1. The van der Waals surface area contributed by atoms with E-state index < -0.39 is 15.8 Å². The van der Waals surface area contributed by atoms with Gasteiger partial charge in [-0.25, -0.2) is 12.8 Å². The van der Waals surface area contributed by atoms with Gasteiger partial charge in [0.05, 0.1) is 4.47 Å². The molecule has 0 spiro atoms. The zero-order chi connectivity index (χ0) is 15.9. The van der Waals surface area contributed by atoms with Crippen LogP contribution in [0.25, 0.3) is 0 Å². The van der Waals surface area contributed by atoms with Gasteiger partial charge in [0.2, 0.25) is 10.0 Å². The van der Waals surface area contributed by atoms with Crippen LogP contribution in [0.2, 0.25) is 0 Å². The minimum atomic E-state index is -3.90. The van der Waals surface area contributed by atoms with Crippen LogP contribution in [0.5, 0.6) is 0 Å². The summed E-state index contributed by atoms with van der Waals surface area (Å²) in [4.78, 5) is -0.359. The Labute approximate surface area is 133 Å². The van der Waals surface area contributed by atoms with Gasteiger partial charge in [-0.3, -0.25) is 0 Å². The Morgan fingerprint density at radius 3 is 2.57 bits per heavy atom. The Hall–Kier alpha value is -0.660. The lowest BCUT2D eigenvalue weighted by molar-refractivity contribution is 0.157. The molecule has 0 bridgehead atoms. The summed E-state index contributed by atoms with van der Waals surface area (Å²) in [5.41, 5.74) is 5.88. The van der Waals surface area contributed by atoms with Crippen LogP contribution in [0.3, 0.4) is 0 Å². The van der Waals surface area contributed by atoms with Gasteiger partial charge in [-0.1, -0.05) is 13.8 Å². The number of benzene rings is 1. The molecule has 1 heterocycles. The van der Waals surface area contributed by atoms with E-state index in [9.17, 15) is 12.8 Å². The molecule has 7 heteroatoms. The van der Waals surface area contributed by atoms with E-state index in [0.29, 0.717) is 6.54 Å². The van der Waals surface area contributed by atoms with Gasteiger partial charge < -0.3 is 5.73 Å². The fraction of sp³-hybridized carbons (Fsp3) is 0.571. The van der Waals surface area contributed by atoms with Gasteiger partial charge in [-0.05, 0) is 53.2 Å². The third kappa shape index (κ3) is 3.10. The predicted octanol–water partition coefficient (Wildman–Crippen LogP) is 3.23. The lowest BCUT2D eigenvalue weighted by atomic mass is 9.88. The number of piperidine rings is 1. The van der Waals surface area contributed by atoms with E-state index in [1.807, 2.05) is 20.8 Å². The van der Waals surface area contributed by atoms with Crippen LogP contribution in [-0.4, -0.2) is 25.3 Å². The van der Waals surface area contributed by atoms with Crippen molar-refractivity contribution in [3.63, 3.8) is 0 Å². The molecular weight excluding hydrogens is 359 g/mol. The molecule has 0 aliphatic carbocycles. The summed E-state index contributed by atoms with van der Waals surface area (Å²) in [6, 6.07) is 2.39. The van der Waals surface area contributed by atoms with Gasteiger partial charge in [0.1, 0.15) is 4.90 Å². The third-order valence-corrected chi connectivity index (χ3v) is 6.68. The molecule has 3 atom stereocenters. The molecule has 1 aliphatic heterocycles. The van der Waals surface area contributed by atoms with Gasteiger partial charge >= 0.3 is 0 Å². The number of nitrogens with two attached hydrogens (primary N) is 1. The molecule has 118 valence electrons. The van der Waals surface area contributed by atoms with Crippen LogP contribution in [0.1, 0.15) is 27.2 Å². The number of hydrogen-bond donors (Lipinski definition) is 1. The molecule has 0 amide bonds. The summed E-state index contributed by atoms with van der Waals surface area (Å²) in [5.74, 6) is -0.308. The van der Waals surface area contributed by atoms with Crippen LogP contribution < -0.4 is 5.73 Å². The van der Waals surface area contributed by atoms with Crippen molar-refractivity contribution >= 4 is 31.6 Å². The predicted molar refractivity (Wildman–Crippen MR) is 84.8 cm³/mol. The maximum absolute atomic E-state index is 14.2. The van der Waals surface area contributed by atoms with E-state index in [1.54, 1.807) is 0 Å². The van der Waals surface area contributed by atoms with Gasteiger partial charge in [0, 0.05) is 18.3 Å². The molecule has 1 fully saturated rings.